The molecule has 0 spiro atoms. The quantitative estimate of drug-likeness (QED) is 0.284. The zero-order valence-corrected chi connectivity index (χ0v) is 17.2. The molecule has 0 saturated heterocycles. The average Bonchev–Trinajstić information content (AvgIpc) is 3.15. The second-order valence-electron chi connectivity index (χ2n) is 6.64. The second-order valence-corrected chi connectivity index (χ2v) is 7.85. The van der Waals surface area contributed by atoms with Crippen molar-refractivity contribution in [1.82, 2.24) is 4.98 Å². The molecule has 0 aliphatic carbocycles. The van der Waals surface area contributed by atoms with E-state index in [9.17, 15) is 4.39 Å². The second kappa shape index (κ2) is 9.33. The van der Waals surface area contributed by atoms with Gasteiger partial charge in [-0.3, -0.25) is 5.43 Å². The summed E-state index contributed by atoms with van der Waals surface area (Å²) in [7, 11) is 0. The van der Waals surface area contributed by atoms with Gasteiger partial charge in [0.2, 0.25) is 5.13 Å². The molecule has 0 unspecified atom stereocenters. The molecule has 0 aliphatic heterocycles. The zero-order valence-electron chi connectivity index (χ0n) is 16.4. The lowest BCUT2D eigenvalue weighted by atomic mass is 10.1. The van der Waals surface area contributed by atoms with E-state index in [1.165, 1.54) is 12.1 Å². The van der Waals surface area contributed by atoms with Gasteiger partial charge in [-0.15, -0.1) is 11.3 Å². The van der Waals surface area contributed by atoms with E-state index >= 15 is 0 Å². The van der Waals surface area contributed by atoms with Crippen molar-refractivity contribution in [1.29, 1.82) is 0 Å². The van der Waals surface area contributed by atoms with Crippen LogP contribution in [0.3, 0.4) is 0 Å². The molecule has 0 amide bonds. The largest absolute Gasteiger partial charge is 0.489 e. The van der Waals surface area contributed by atoms with E-state index in [0.29, 0.717) is 6.61 Å². The highest BCUT2D eigenvalue weighted by molar-refractivity contribution is 7.15. The van der Waals surface area contributed by atoms with Crippen LogP contribution in [0.5, 0.6) is 5.75 Å². The van der Waals surface area contributed by atoms with Crippen LogP contribution in [0.1, 0.15) is 16.0 Å². The number of aromatic nitrogens is 1. The third kappa shape index (κ3) is 5.10. The lowest BCUT2D eigenvalue weighted by Gasteiger charge is -2.06. The molecule has 0 radical (unpaired) electrons. The molecule has 0 saturated carbocycles. The standard InChI is InChI=1S/C24H20FN3OS/c1-17-23(20-5-3-2-4-6-20)27-24(30-17)28-26-15-18-9-13-22(14-10-18)29-16-19-7-11-21(25)12-8-19/h2-15H,16H2,1H3,(H,27,28)/b26-15+. The van der Waals surface area contributed by atoms with Crippen LogP contribution in [-0.4, -0.2) is 11.2 Å². The van der Waals surface area contributed by atoms with E-state index in [0.717, 1.165) is 38.1 Å². The maximum atomic E-state index is 12.9. The summed E-state index contributed by atoms with van der Waals surface area (Å²) in [5.74, 6) is 0.493. The first-order chi connectivity index (χ1) is 14.7. The number of ether oxygens (including phenoxy) is 1. The Bertz CT molecular complexity index is 1120. The Hall–Kier alpha value is -3.51. The first-order valence-electron chi connectivity index (χ1n) is 9.46. The van der Waals surface area contributed by atoms with E-state index in [4.69, 9.17) is 4.74 Å². The van der Waals surface area contributed by atoms with Gasteiger partial charge < -0.3 is 4.74 Å². The van der Waals surface area contributed by atoms with Gasteiger partial charge >= 0.3 is 0 Å². The van der Waals surface area contributed by atoms with Crippen molar-refractivity contribution in [2.24, 2.45) is 5.10 Å². The summed E-state index contributed by atoms with van der Waals surface area (Å²) in [4.78, 5) is 5.77. The Balaban J connectivity index is 1.33. The minimum atomic E-state index is -0.250. The topological polar surface area (TPSA) is 46.5 Å². The predicted molar refractivity (Wildman–Crippen MR) is 121 cm³/mol. The van der Waals surface area contributed by atoms with Crippen LogP contribution in [0.25, 0.3) is 11.3 Å². The fourth-order valence-corrected chi connectivity index (χ4v) is 3.65. The van der Waals surface area contributed by atoms with E-state index in [-0.39, 0.29) is 5.82 Å². The highest BCUT2D eigenvalue weighted by Crippen LogP contribution is 2.30. The Morgan fingerprint density at radius 2 is 1.73 bits per heavy atom. The minimum Gasteiger partial charge on any atom is -0.489 e. The highest BCUT2D eigenvalue weighted by Gasteiger charge is 2.08. The Morgan fingerprint density at radius 1 is 1.00 bits per heavy atom. The molecule has 30 heavy (non-hydrogen) atoms. The summed E-state index contributed by atoms with van der Waals surface area (Å²) < 4.78 is 18.7. The van der Waals surface area contributed by atoms with Crippen LogP contribution in [0.15, 0.2) is 84.0 Å². The van der Waals surface area contributed by atoms with Crippen LogP contribution in [-0.2, 0) is 6.61 Å². The van der Waals surface area contributed by atoms with Gasteiger partial charge in [0.05, 0.1) is 11.9 Å². The molecule has 3 aromatic carbocycles. The fraction of sp³-hybridized carbons (Fsp3) is 0.0833. The number of halogens is 1. The van der Waals surface area contributed by atoms with E-state index in [1.807, 2.05) is 42.5 Å². The van der Waals surface area contributed by atoms with Gasteiger partial charge in [-0.25, -0.2) is 9.37 Å². The summed E-state index contributed by atoms with van der Waals surface area (Å²) in [6.45, 7) is 2.45. The lowest BCUT2D eigenvalue weighted by molar-refractivity contribution is 0.306. The summed E-state index contributed by atoms with van der Waals surface area (Å²) in [6.07, 6.45) is 1.74. The number of anilines is 1. The first kappa shape index (κ1) is 19.8. The number of benzene rings is 3. The van der Waals surface area contributed by atoms with Crippen LogP contribution in [0.2, 0.25) is 0 Å². The molecule has 4 rings (SSSR count). The molecular formula is C24H20FN3OS. The average molecular weight is 418 g/mol. The van der Waals surface area contributed by atoms with Crippen LogP contribution < -0.4 is 10.2 Å². The van der Waals surface area contributed by atoms with Crippen molar-refractivity contribution in [3.05, 3.63) is 101 Å². The van der Waals surface area contributed by atoms with Gasteiger partial charge in [-0.2, -0.15) is 5.10 Å². The maximum Gasteiger partial charge on any atom is 0.204 e. The summed E-state index contributed by atoms with van der Waals surface area (Å²) >= 11 is 1.57. The van der Waals surface area contributed by atoms with Gasteiger partial charge in [0, 0.05) is 10.4 Å². The van der Waals surface area contributed by atoms with Crippen molar-refractivity contribution in [2.75, 3.05) is 5.43 Å². The minimum absolute atomic E-state index is 0.250. The molecule has 1 aromatic heterocycles. The Labute approximate surface area is 178 Å². The van der Waals surface area contributed by atoms with Gasteiger partial charge in [-0.05, 0) is 54.4 Å². The van der Waals surface area contributed by atoms with Crippen molar-refractivity contribution in [3.63, 3.8) is 0 Å². The maximum absolute atomic E-state index is 12.9. The van der Waals surface area contributed by atoms with Crippen molar-refractivity contribution in [2.45, 2.75) is 13.5 Å². The first-order valence-corrected chi connectivity index (χ1v) is 10.3. The fourth-order valence-electron chi connectivity index (χ4n) is 2.87. The molecule has 150 valence electrons. The molecule has 0 aliphatic rings. The number of rotatable bonds is 7. The van der Waals surface area contributed by atoms with Crippen molar-refractivity contribution >= 4 is 22.7 Å². The summed E-state index contributed by atoms with van der Waals surface area (Å²) in [5, 5.41) is 5.04. The molecular weight excluding hydrogens is 397 g/mol. The number of hydrogen-bond acceptors (Lipinski definition) is 5. The SMILES string of the molecule is Cc1sc(N/N=C/c2ccc(OCc3ccc(F)cc3)cc2)nc1-c1ccccc1. The molecule has 1 heterocycles. The number of hydrogen-bond donors (Lipinski definition) is 1. The number of thiazole rings is 1. The van der Waals surface area contributed by atoms with Crippen LogP contribution >= 0.6 is 11.3 Å². The van der Waals surface area contributed by atoms with Gasteiger partial charge in [-0.1, -0.05) is 42.5 Å². The molecule has 6 heteroatoms. The van der Waals surface area contributed by atoms with Crippen LogP contribution in [0.4, 0.5) is 9.52 Å². The van der Waals surface area contributed by atoms with E-state index < -0.39 is 0 Å². The van der Waals surface area contributed by atoms with E-state index in [1.54, 1.807) is 29.7 Å². The number of hydrazone groups is 1. The number of nitrogens with zero attached hydrogens (tertiary/aromatic N) is 2. The highest BCUT2D eigenvalue weighted by atomic mass is 32.1. The third-order valence-corrected chi connectivity index (χ3v) is 5.29. The number of nitrogens with one attached hydrogen (secondary N) is 1. The predicted octanol–water partition coefficient (Wildman–Crippen LogP) is 6.28. The molecule has 0 fully saturated rings. The third-order valence-electron chi connectivity index (χ3n) is 4.42. The van der Waals surface area contributed by atoms with Gasteiger partial charge in [0.25, 0.3) is 0 Å². The number of aryl methyl sites for hydroxylation is 1. The molecule has 4 nitrogen and oxygen atoms in total. The molecule has 0 atom stereocenters. The lowest BCUT2D eigenvalue weighted by Crippen LogP contribution is -1.96. The Kier molecular flexibility index (Phi) is 6.15. The Morgan fingerprint density at radius 3 is 2.47 bits per heavy atom. The summed E-state index contributed by atoms with van der Waals surface area (Å²) in [6, 6.07) is 24.0. The zero-order chi connectivity index (χ0) is 20.8. The van der Waals surface area contributed by atoms with E-state index in [2.05, 4.69) is 34.6 Å². The van der Waals surface area contributed by atoms with Crippen molar-refractivity contribution < 1.29 is 9.13 Å². The smallest absolute Gasteiger partial charge is 0.204 e. The van der Waals surface area contributed by atoms with Crippen molar-refractivity contribution in [3.8, 4) is 17.0 Å². The molecule has 4 aromatic rings. The van der Waals surface area contributed by atoms with Gasteiger partial charge in [0.15, 0.2) is 0 Å². The normalized spacial score (nSPS) is 11.0. The molecule has 0 bridgehead atoms. The molecule has 1 N–H and O–H groups in total. The van der Waals surface area contributed by atoms with Crippen LogP contribution in [0, 0.1) is 12.7 Å². The van der Waals surface area contributed by atoms with Gasteiger partial charge in [0.1, 0.15) is 18.2 Å². The monoisotopic (exact) mass is 417 g/mol. The summed E-state index contributed by atoms with van der Waals surface area (Å²) in [5.41, 5.74) is 6.93.